The average Bonchev–Trinajstić information content (AvgIpc) is 2.61. The van der Waals surface area contributed by atoms with E-state index in [9.17, 15) is 4.57 Å². The summed E-state index contributed by atoms with van der Waals surface area (Å²) < 4.78 is 24.8. The molecule has 24 heavy (non-hydrogen) atoms. The molecule has 2 aromatic rings. The van der Waals surface area contributed by atoms with Crippen LogP contribution in [0.4, 0.5) is 0 Å². The predicted molar refractivity (Wildman–Crippen MR) is 97.9 cm³/mol. The molecular weight excluding hydrogens is 321 g/mol. The van der Waals surface area contributed by atoms with Crippen molar-refractivity contribution < 1.29 is 13.6 Å². The Kier molecular flexibility index (Phi) is 6.76. The third kappa shape index (κ3) is 4.14. The number of hydrogen-bond acceptors (Lipinski definition) is 4. The van der Waals surface area contributed by atoms with Crippen molar-refractivity contribution in [2.75, 3.05) is 13.2 Å². The molecule has 0 aromatic heterocycles. The molecule has 0 spiro atoms. The Balaban J connectivity index is 2.39. The standard InChI is InChI=1S/C19H26NO3P/c1-4-22-24(21,23-5-2)19(3,18-14-10-7-11-15-18)20-16-17-12-8-6-9-13-17/h6-15,20H,4-5,16H2,1-3H3. The summed E-state index contributed by atoms with van der Waals surface area (Å²) in [6.07, 6.45) is 0. The van der Waals surface area contributed by atoms with Gasteiger partial charge in [0.05, 0.1) is 13.2 Å². The van der Waals surface area contributed by atoms with Gasteiger partial charge in [-0.2, -0.15) is 0 Å². The molecule has 0 radical (unpaired) electrons. The second kappa shape index (κ2) is 8.59. The van der Waals surface area contributed by atoms with Gasteiger partial charge in [-0.25, -0.2) is 0 Å². The van der Waals surface area contributed by atoms with Crippen molar-refractivity contribution in [3.05, 3.63) is 71.8 Å². The predicted octanol–water partition coefficient (Wildman–Crippen LogP) is 4.92. The van der Waals surface area contributed by atoms with Crippen LogP contribution in [0.2, 0.25) is 0 Å². The number of hydrogen-bond donors (Lipinski definition) is 1. The van der Waals surface area contributed by atoms with Crippen molar-refractivity contribution in [1.82, 2.24) is 5.32 Å². The molecular formula is C19H26NO3P. The van der Waals surface area contributed by atoms with Crippen molar-refractivity contribution in [3.8, 4) is 0 Å². The van der Waals surface area contributed by atoms with Crippen LogP contribution in [0, 0.1) is 0 Å². The van der Waals surface area contributed by atoms with Crippen LogP contribution in [0.15, 0.2) is 60.7 Å². The fourth-order valence-electron chi connectivity index (χ4n) is 2.63. The molecule has 4 nitrogen and oxygen atoms in total. The lowest BCUT2D eigenvalue weighted by molar-refractivity contribution is 0.188. The van der Waals surface area contributed by atoms with Crippen LogP contribution in [-0.2, 0) is 25.4 Å². The maximum atomic E-state index is 13.5. The van der Waals surface area contributed by atoms with E-state index in [1.165, 1.54) is 0 Å². The van der Waals surface area contributed by atoms with Gasteiger partial charge in [0.25, 0.3) is 0 Å². The van der Waals surface area contributed by atoms with E-state index in [0.29, 0.717) is 19.8 Å². The van der Waals surface area contributed by atoms with E-state index in [2.05, 4.69) is 5.32 Å². The highest BCUT2D eigenvalue weighted by molar-refractivity contribution is 7.55. The van der Waals surface area contributed by atoms with Crippen LogP contribution in [0.3, 0.4) is 0 Å². The van der Waals surface area contributed by atoms with E-state index in [1.807, 2.05) is 81.4 Å². The largest absolute Gasteiger partial charge is 0.354 e. The van der Waals surface area contributed by atoms with Gasteiger partial charge in [0.15, 0.2) is 0 Å². The first-order valence-corrected chi connectivity index (χ1v) is 9.83. The van der Waals surface area contributed by atoms with E-state index >= 15 is 0 Å². The smallest absolute Gasteiger partial charge is 0.307 e. The Morgan fingerprint density at radius 1 is 0.917 bits per heavy atom. The maximum absolute atomic E-state index is 13.5. The highest BCUT2D eigenvalue weighted by Gasteiger charge is 2.48. The van der Waals surface area contributed by atoms with E-state index < -0.39 is 12.9 Å². The van der Waals surface area contributed by atoms with Crippen molar-refractivity contribution in [3.63, 3.8) is 0 Å². The molecule has 0 aliphatic carbocycles. The van der Waals surface area contributed by atoms with Gasteiger partial charge in [-0.05, 0) is 31.9 Å². The quantitative estimate of drug-likeness (QED) is 0.655. The lowest BCUT2D eigenvalue weighted by Crippen LogP contribution is -2.40. The Labute approximate surface area is 144 Å². The van der Waals surface area contributed by atoms with Crippen LogP contribution >= 0.6 is 7.60 Å². The summed E-state index contributed by atoms with van der Waals surface area (Å²) in [6.45, 7) is 6.76. The number of benzene rings is 2. The molecule has 1 atom stereocenters. The van der Waals surface area contributed by atoms with Crippen molar-refractivity contribution in [2.45, 2.75) is 32.6 Å². The molecule has 2 rings (SSSR count). The Morgan fingerprint density at radius 3 is 1.92 bits per heavy atom. The molecule has 0 saturated heterocycles. The number of rotatable bonds is 9. The summed E-state index contributed by atoms with van der Waals surface area (Å²) in [5.74, 6) is 0. The summed E-state index contributed by atoms with van der Waals surface area (Å²) in [6, 6.07) is 19.7. The summed E-state index contributed by atoms with van der Waals surface area (Å²) in [5, 5.41) is 2.49. The normalized spacial score (nSPS) is 14.3. The van der Waals surface area contributed by atoms with Crippen molar-refractivity contribution >= 4 is 7.60 Å². The molecule has 2 aromatic carbocycles. The van der Waals surface area contributed by atoms with Gasteiger partial charge in [-0.15, -0.1) is 0 Å². The zero-order chi connectivity index (χ0) is 17.5. The highest BCUT2D eigenvalue weighted by Crippen LogP contribution is 2.63. The van der Waals surface area contributed by atoms with E-state index in [1.54, 1.807) is 0 Å². The minimum Gasteiger partial charge on any atom is -0.307 e. The molecule has 0 heterocycles. The highest BCUT2D eigenvalue weighted by atomic mass is 31.2. The molecule has 130 valence electrons. The molecule has 5 heteroatoms. The lowest BCUT2D eigenvalue weighted by atomic mass is 10.1. The molecule has 0 amide bonds. The molecule has 0 aliphatic rings. The second-order valence-electron chi connectivity index (χ2n) is 5.61. The lowest BCUT2D eigenvalue weighted by Gasteiger charge is -2.37. The van der Waals surface area contributed by atoms with Crippen molar-refractivity contribution in [1.29, 1.82) is 0 Å². The Hall–Kier alpha value is -1.45. The summed E-state index contributed by atoms with van der Waals surface area (Å²) in [5.41, 5.74) is 1.99. The van der Waals surface area contributed by atoms with Gasteiger partial charge in [0, 0.05) is 6.54 Å². The van der Waals surface area contributed by atoms with E-state index in [0.717, 1.165) is 11.1 Å². The van der Waals surface area contributed by atoms with Crippen molar-refractivity contribution in [2.24, 2.45) is 0 Å². The van der Waals surface area contributed by atoms with E-state index in [-0.39, 0.29) is 0 Å². The minimum atomic E-state index is -3.41. The van der Waals surface area contributed by atoms with Gasteiger partial charge in [0.2, 0.25) is 0 Å². The summed E-state index contributed by atoms with van der Waals surface area (Å²) >= 11 is 0. The van der Waals surface area contributed by atoms with Gasteiger partial charge < -0.3 is 9.05 Å². The Bertz CT molecular complexity index is 653. The second-order valence-corrected chi connectivity index (χ2v) is 8.02. The van der Waals surface area contributed by atoms with Gasteiger partial charge in [0.1, 0.15) is 5.28 Å². The van der Waals surface area contributed by atoms with Gasteiger partial charge in [-0.3, -0.25) is 9.88 Å². The molecule has 0 fully saturated rings. The summed E-state index contributed by atoms with van der Waals surface area (Å²) in [7, 11) is -3.41. The fraction of sp³-hybridized carbons (Fsp3) is 0.368. The molecule has 0 bridgehead atoms. The topological polar surface area (TPSA) is 47.6 Å². The zero-order valence-corrected chi connectivity index (χ0v) is 15.5. The first-order valence-electron chi connectivity index (χ1n) is 8.29. The maximum Gasteiger partial charge on any atom is 0.354 e. The minimum absolute atomic E-state index is 0.326. The molecule has 1 unspecified atom stereocenters. The molecule has 0 saturated carbocycles. The average molecular weight is 347 g/mol. The van der Waals surface area contributed by atoms with Crippen LogP contribution in [0.1, 0.15) is 31.9 Å². The SMILES string of the molecule is CCOP(=O)(OCC)C(C)(NCc1ccccc1)c1ccccc1. The van der Waals surface area contributed by atoms with Gasteiger partial charge >= 0.3 is 7.60 Å². The first-order chi connectivity index (χ1) is 11.6. The zero-order valence-electron chi connectivity index (χ0n) is 14.6. The van der Waals surface area contributed by atoms with Crippen LogP contribution < -0.4 is 5.32 Å². The third-order valence-electron chi connectivity index (χ3n) is 3.96. The van der Waals surface area contributed by atoms with Crippen LogP contribution in [0.25, 0.3) is 0 Å². The molecule has 0 aliphatic heterocycles. The van der Waals surface area contributed by atoms with Crippen LogP contribution in [0.5, 0.6) is 0 Å². The molecule has 1 N–H and O–H groups in total. The summed E-state index contributed by atoms with van der Waals surface area (Å²) in [4.78, 5) is 0. The third-order valence-corrected chi connectivity index (χ3v) is 6.67. The first kappa shape index (κ1) is 18.9. The van der Waals surface area contributed by atoms with Gasteiger partial charge in [-0.1, -0.05) is 60.7 Å². The van der Waals surface area contributed by atoms with E-state index in [4.69, 9.17) is 9.05 Å². The number of nitrogens with one attached hydrogen (secondary N) is 1. The Morgan fingerprint density at radius 2 is 1.42 bits per heavy atom. The van der Waals surface area contributed by atoms with Crippen LogP contribution in [-0.4, -0.2) is 13.2 Å². The monoisotopic (exact) mass is 347 g/mol. The fourth-order valence-corrected chi connectivity index (χ4v) is 4.63.